The zero-order valence-electron chi connectivity index (χ0n) is 9.84. The number of aliphatic hydroxyl groups is 1. The Balaban J connectivity index is 3.00. The molecule has 0 unspecified atom stereocenters. The van der Waals surface area contributed by atoms with E-state index in [9.17, 15) is 13.5 Å². The number of hydrogen-bond acceptors (Lipinski definition) is 3. The van der Waals surface area contributed by atoms with Crippen LogP contribution in [0.15, 0.2) is 24.3 Å². The monoisotopic (exact) mass is 242 g/mol. The molecule has 0 amide bonds. The van der Waals surface area contributed by atoms with Crippen molar-refractivity contribution in [2.75, 3.05) is 6.26 Å². The maximum absolute atomic E-state index is 11.5. The Bertz CT molecular complexity index is 434. The molecule has 0 aliphatic carbocycles. The van der Waals surface area contributed by atoms with Crippen molar-refractivity contribution in [1.29, 1.82) is 0 Å². The number of hydrogen-bond donors (Lipinski definition) is 1. The Kier molecular flexibility index (Phi) is 4.10. The van der Waals surface area contributed by atoms with Gasteiger partial charge in [-0.1, -0.05) is 36.8 Å². The Hall–Kier alpha value is -0.870. The molecular formula is C12H18O3S. The molecule has 4 heteroatoms. The van der Waals surface area contributed by atoms with E-state index < -0.39 is 21.2 Å². The molecule has 90 valence electrons. The minimum absolute atomic E-state index is 0.411. The molecule has 0 radical (unpaired) electrons. The molecule has 0 fully saturated rings. The van der Waals surface area contributed by atoms with Gasteiger partial charge in [0.15, 0.2) is 9.84 Å². The van der Waals surface area contributed by atoms with Crippen LogP contribution in [0.3, 0.4) is 0 Å². The van der Waals surface area contributed by atoms with Gasteiger partial charge >= 0.3 is 0 Å². The highest BCUT2D eigenvalue weighted by molar-refractivity contribution is 7.91. The minimum Gasteiger partial charge on any atom is -0.387 e. The first-order chi connectivity index (χ1) is 7.36. The summed E-state index contributed by atoms with van der Waals surface area (Å²) in [5.41, 5.74) is 1.74. The highest BCUT2D eigenvalue weighted by Crippen LogP contribution is 2.24. The molecule has 0 aliphatic heterocycles. The Labute approximate surface area is 97.0 Å². The van der Waals surface area contributed by atoms with Crippen LogP contribution >= 0.6 is 0 Å². The van der Waals surface area contributed by atoms with Gasteiger partial charge in [0.05, 0.1) is 11.4 Å². The van der Waals surface area contributed by atoms with Crippen LogP contribution in [-0.4, -0.2) is 25.0 Å². The first-order valence-corrected chi connectivity index (χ1v) is 7.25. The minimum atomic E-state index is -3.22. The van der Waals surface area contributed by atoms with E-state index in [2.05, 4.69) is 0 Å². The molecule has 3 nitrogen and oxygen atoms in total. The number of rotatable bonds is 4. The van der Waals surface area contributed by atoms with E-state index in [1.165, 1.54) is 6.26 Å². The summed E-state index contributed by atoms with van der Waals surface area (Å²) < 4.78 is 23.0. The van der Waals surface area contributed by atoms with E-state index in [1.807, 2.05) is 19.1 Å². The van der Waals surface area contributed by atoms with Gasteiger partial charge in [0.2, 0.25) is 0 Å². The van der Waals surface area contributed by atoms with Gasteiger partial charge in [-0.25, -0.2) is 8.42 Å². The number of benzene rings is 1. The summed E-state index contributed by atoms with van der Waals surface area (Å²) >= 11 is 0. The molecular weight excluding hydrogens is 224 g/mol. The lowest BCUT2D eigenvalue weighted by Crippen LogP contribution is -2.26. The molecule has 0 aromatic heterocycles. The van der Waals surface area contributed by atoms with E-state index in [0.29, 0.717) is 12.0 Å². The average Bonchev–Trinajstić information content (AvgIpc) is 2.17. The highest BCUT2D eigenvalue weighted by Gasteiger charge is 2.28. The third-order valence-corrected chi connectivity index (χ3v) is 4.41. The van der Waals surface area contributed by atoms with Gasteiger partial charge in [-0.2, -0.15) is 0 Å². The van der Waals surface area contributed by atoms with E-state index in [1.54, 1.807) is 19.1 Å². The summed E-state index contributed by atoms with van der Waals surface area (Å²) in [5, 5.41) is 9.30. The van der Waals surface area contributed by atoms with Crippen LogP contribution in [0.1, 0.15) is 30.6 Å². The Morgan fingerprint density at radius 1 is 1.25 bits per heavy atom. The molecule has 0 aliphatic rings. The molecule has 0 heterocycles. The Morgan fingerprint density at radius 2 is 1.75 bits per heavy atom. The lowest BCUT2D eigenvalue weighted by molar-refractivity contribution is 0.169. The Morgan fingerprint density at radius 3 is 2.12 bits per heavy atom. The van der Waals surface area contributed by atoms with E-state index in [-0.39, 0.29) is 0 Å². The lowest BCUT2D eigenvalue weighted by atomic mass is 10.0. The van der Waals surface area contributed by atoms with Gasteiger partial charge in [0, 0.05) is 6.26 Å². The summed E-state index contributed by atoms with van der Waals surface area (Å²) in [4.78, 5) is 0. The average molecular weight is 242 g/mol. The molecule has 2 atom stereocenters. The van der Waals surface area contributed by atoms with Crippen molar-refractivity contribution in [3.8, 4) is 0 Å². The summed E-state index contributed by atoms with van der Waals surface area (Å²) in [5.74, 6) is 0. The fourth-order valence-corrected chi connectivity index (χ4v) is 2.97. The van der Waals surface area contributed by atoms with Crippen LogP contribution in [-0.2, 0) is 9.84 Å². The van der Waals surface area contributed by atoms with Crippen molar-refractivity contribution in [2.45, 2.75) is 31.6 Å². The largest absolute Gasteiger partial charge is 0.387 e. The predicted molar refractivity (Wildman–Crippen MR) is 65.1 cm³/mol. The summed E-state index contributed by atoms with van der Waals surface area (Å²) in [6.45, 7) is 3.72. The van der Waals surface area contributed by atoms with Crippen LogP contribution in [0.25, 0.3) is 0 Å². The van der Waals surface area contributed by atoms with Crippen molar-refractivity contribution in [3.05, 3.63) is 35.4 Å². The fraction of sp³-hybridized carbons (Fsp3) is 0.500. The van der Waals surface area contributed by atoms with Crippen LogP contribution in [0, 0.1) is 6.92 Å². The van der Waals surface area contributed by atoms with E-state index >= 15 is 0 Å². The maximum Gasteiger partial charge on any atom is 0.153 e. The summed E-state index contributed by atoms with van der Waals surface area (Å²) in [6.07, 6.45) is 0.632. The highest BCUT2D eigenvalue weighted by atomic mass is 32.2. The molecule has 0 spiro atoms. The second-order valence-corrected chi connectivity index (χ2v) is 6.40. The first-order valence-electron chi connectivity index (χ1n) is 5.29. The van der Waals surface area contributed by atoms with Gasteiger partial charge in [-0.3, -0.25) is 0 Å². The van der Waals surface area contributed by atoms with Crippen LogP contribution in [0.5, 0.6) is 0 Å². The third kappa shape index (κ3) is 3.06. The van der Waals surface area contributed by atoms with Gasteiger partial charge in [0.1, 0.15) is 0 Å². The van der Waals surface area contributed by atoms with Gasteiger partial charge in [-0.15, -0.1) is 0 Å². The molecule has 0 saturated heterocycles. The topological polar surface area (TPSA) is 54.4 Å². The molecule has 1 aromatic rings. The first kappa shape index (κ1) is 13.2. The van der Waals surface area contributed by atoms with Crippen LogP contribution in [0.2, 0.25) is 0 Å². The number of aliphatic hydroxyl groups excluding tert-OH is 1. The molecule has 16 heavy (non-hydrogen) atoms. The summed E-state index contributed by atoms with van der Waals surface area (Å²) in [7, 11) is -3.22. The van der Waals surface area contributed by atoms with Gasteiger partial charge in [-0.05, 0) is 18.9 Å². The third-order valence-electron chi connectivity index (χ3n) is 2.72. The molecule has 1 N–H and O–H groups in total. The van der Waals surface area contributed by atoms with Crippen molar-refractivity contribution >= 4 is 9.84 Å². The fourth-order valence-electron chi connectivity index (χ4n) is 1.74. The SMILES string of the molecule is CC[C@@H]([C@H](O)c1ccc(C)cc1)S(C)(=O)=O. The van der Waals surface area contributed by atoms with Crippen molar-refractivity contribution < 1.29 is 13.5 Å². The zero-order chi connectivity index (χ0) is 12.3. The predicted octanol–water partition coefficient (Wildman–Crippen LogP) is 1.85. The normalized spacial score (nSPS) is 15.8. The van der Waals surface area contributed by atoms with E-state index in [4.69, 9.17) is 0 Å². The standard InChI is InChI=1S/C12H18O3S/c1-4-11(16(3,14)15)12(13)10-7-5-9(2)6-8-10/h5-8,11-13H,4H2,1-3H3/t11-,12+/m0/s1. The second-order valence-electron chi connectivity index (χ2n) is 4.13. The molecule has 1 rings (SSSR count). The second kappa shape index (κ2) is 4.97. The smallest absolute Gasteiger partial charge is 0.153 e. The molecule has 1 aromatic carbocycles. The number of aryl methyl sites for hydroxylation is 1. The maximum atomic E-state index is 11.5. The van der Waals surface area contributed by atoms with Crippen LogP contribution in [0.4, 0.5) is 0 Å². The summed E-state index contributed by atoms with van der Waals surface area (Å²) in [6, 6.07) is 7.28. The quantitative estimate of drug-likeness (QED) is 0.876. The van der Waals surface area contributed by atoms with Crippen molar-refractivity contribution in [2.24, 2.45) is 0 Å². The van der Waals surface area contributed by atoms with Crippen molar-refractivity contribution in [3.63, 3.8) is 0 Å². The van der Waals surface area contributed by atoms with Gasteiger partial charge in [0.25, 0.3) is 0 Å². The van der Waals surface area contributed by atoms with Gasteiger partial charge < -0.3 is 5.11 Å². The zero-order valence-corrected chi connectivity index (χ0v) is 10.7. The lowest BCUT2D eigenvalue weighted by Gasteiger charge is -2.20. The number of sulfone groups is 1. The molecule has 0 bridgehead atoms. The van der Waals surface area contributed by atoms with Crippen molar-refractivity contribution in [1.82, 2.24) is 0 Å². The van der Waals surface area contributed by atoms with E-state index in [0.717, 1.165) is 5.56 Å². The molecule has 0 saturated carbocycles. The van der Waals surface area contributed by atoms with Crippen LogP contribution < -0.4 is 0 Å².